The Kier molecular flexibility index (Phi) is 4.19. The number of aryl methyl sites for hydroxylation is 1. The lowest BCUT2D eigenvalue weighted by Crippen LogP contribution is -2.28. The molecule has 5 heteroatoms. The molecule has 4 nitrogen and oxygen atoms in total. The maximum atomic E-state index is 13.4. The molecule has 21 heavy (non-hydrogen) atoms. The molecule has 0 heterocycles. The molecule has 0 aliphatic carbocycles. The first kappa shape index (κ1) is 14.5. The minimum absolute atomic E-state index is 0.120. The van der Waals surface area contributed by atoms with Gasteiger partial charge in [0.25, 0.3) is 0 Å². The molecule has 0 aromatic heterocycles. The molecule has 0 fully saturated rings. The third-order valence-corrected chi connectivity index (χ3v) is 3.17. The topological polar surface area (TPSA) is 78.9 Å². The molecule has 0 radical (unpaired) electrons. The van der Waals surface area contributed by atoms with Crippen molar-refractivity contribution in [3.63, 3.8) is 0 Å². The zero-order chi connectivity index (χ0) is 15.4. The van der Waals surface area contributed by atoms with E-state index in [4.69, 9.17) is 11.0 Å². The standard InChI is InChI=1S/C16H14FN3O/c1-10-4-2-3-5-14(10)20-15(16(19)21)11-6-7-13(17)12(8-11)9-18/h2-8,15,20H,1H3,(H2,19,21). The van der Waals surface area contributed by atoms with E-state index in [-0.39, 0.29) is 5.56 Å². The Morgan fingerprint density at radius 1 is 1.33 bits per heavy atom. The fraction of sp³-hybridized carbons (Fsp3) is 0.125. The Morgan fingerprint density at radius 2 is 2.05 bits per heavy atom. The van der Waals surface area contributed by atoms with Crippen LogP contribution < -0.4 is 11.1 Å². The number of nitriles is 1. The van der Waals surface area contributed by atoms with Gasteiger partial charge >= 0.3 is 0 Å². The monoisotopic (exact) mass is 283 g/mol. The molecule has 0 saturated carbocycles. The minimum Gasteiger partial charge on any atom is -0.370 e. The van der Waals surface area contributed by atoms with E-state index in [0.29, 0.717) is 5.56 Å². The van der Waals surface area contributed by atoms with Crippen molar-refractivity contribution in [3.05, 3.63) is 65.0 Å². The van der Waals surface area contributed by atoms with Gasteiger partial charge < -0.3 is 11.1 Å². The first-order chi connectivity index (χ1) is 10.0. The quantitative estimate of drug-likeness (QED) is 0.905. The van der Waals surface area contributed by atoms with Crippen LogP contribution in [0.5, 0.6) is 0 Å². The molecule has 0 bridgehead atoms. The second-order valence-electron chi connectivity index (χ2n) is 4.65. The van der Waals surface area contributed by atoms with Gasteiger partial charge in [-0.2, -0.15) is 5.26 Å². The highest BCUT2D eigenvalue weighted by Gasteiger charge is 2.19. The smallest absolute Gasteiger partial charge is 0.244 e. The van der Waals surface area contributed by atoms with E-state index in [9.17, 15) is 9.18 Å². The zero-order valence-electron chi connectivity index (χ0n) is 11.4. The lowest BCUT2D eigenvalue weighted by Gasteiger charge is -2.19. The van der Waals surface area contributed by atoms with E-state index in [1.807, 2.05) is 31.2 Å². The molecule has 3 N–H and O–H groups in total. The zero-order valence-corrected chi connectivity index (χ0v) is 11.4. The molecule has 0 spiro atoms. The van der Waals surface area contributed by atoms with Crippen LogP contribution in [-0.4, -0.2) is 5.91 Å². The van der Waals surface area contributed by atoms with Crippen molar-refractivity contribution in [2.75, 3.05) is 5.32 Å². The van der Waals surface area contributed by atoms with Crippen molar-refractivity contribution in [2.24, 2.45) is 5.73 Å². The van der Waals surface area contributed by atoms with Crippen LogP contribution in [0, 0.1) is 24.1 Å². The number of nitrogens with one attached hydrogen (secondary N) is 1. The van der Waals surface area contributed by atoms with Crippen LogP contribution in [0.2, 0.25) is 0 Å². The number of hydrogen-bond acceptors (Lipinski definition) is 3. The van der Waals surface area contributed by atoms with Crippen molar-refractivity contribution in [1.29, 1.82) is 5.26 Å². The van der Waals surface area contributed by atoms with E-state index in [2.05, 4.69) is 5.32 Å². The molecule has 0 aliphatic heterocycles. The number of nitrogens with two attached hydrogens (primary N) is 1. The average molecular weight is 283 g/mol. The number of carbonyl (C=O) groups excluding carboxylic acids is 1. The second kappa shape index (κ2) is 6.06. The third kappa shape index (κ3) is 3.18. The molecule has 2 aromatic carbocycles. The van der Waals surface area contributed by atoms with Gasteiger partial charge in [-0.25, -0.2) is 4.39 Å². The first-order valence-corrected chi connectivity index (χ1v) is 6.34. The van der Waals surface area contributed by atoms with Crippen molar-refractivity contribution in [2.45, 2.75) is 13.0 Å². The fourth-order valence-electron chi connectivity index (χ4n) is 2.02. The summed E-state index contributed by atoms with van der Waals surface area (Å²) in [6.07, 6.45) is 0. The van der Waals surface area contributed by atoms with E-state index in [1.165, 1.54) is 12.1 Å². The highest BCUT2D eigenvalue weighted by atomic mass is 19.1. The molecule has 2 aromatic rings. The van der Waals surface area contributed by atoms with Crippen LogP contribution in [-0.2, 0) is 4.79 Å². The van der Waals surface area contributed by atoms with Gasteiger partial charge in [0.15, 0.2) is 0 Å². The predicted molar refractivity (Wildman–Crippen MR) is 77.9 cm³/mol. The maximum Gasteiger partial charge on any atom is 0.244 e. The number of anilines is 1. The summed E-state index contributed by atoms with van der Waals surface area (Å²) in [6, 6.07) is 12.3. The molecule has 0 aliphatic rings. The summed E-state index contributed by atoms with van der Waals surface area (Å²) in [5.41, 5.74) is 7.45. The summed E-state index contributed by atoms with van der Waals surface area (Å²) >= 11 is 0. The number of amides is 1. The number of hydrogen-bond donors (Lipinski definition) is 2. The first-order valence-electron chi connectivity index (χ1n) is 6.34. The Morgan fingerprint density at radius 3 is 2.67 bits per heavy atom. The Hall–Kier alpha value is -2.87. The van der Waals surface area contributed by atoms with Crippen LogP contribution in [0.1, 0.15) is 22.7 Å². The normalized spacial score (nSPS) is 11.5. The Labute approximate surface area is 122 Å². The molecular formula is C16H14FN3O. The van der Waals surface area contributed by atoms with Crippen molar-refractivity contribution >= 4 is 11.6 Å². The largest absolute Gasteiger partial charge is 0.370 e. The summed E-state index contributed by atoms with van der Waals surface area (Å²) in [4.78, 5) is 11.7. The molecule has 2 rings (SSSR count). The van der Waals surface area contributed by atoms with Gasteiger partial charge in [-0.1, -0.05) is 24.3 Å². The van der Waals surface area contributed by atoms with Gasteiger partial charge in [0.2, 0.25) is 5.91 Å². The van der Waals surface area contributed by atoms with Crippen molar-refractivity contribution < 1.29 is 9.18 Å². The van der Waals surface area contributed by atoms with E-state index in [0.717, 1.165) is 17.3 Å². The molecule has 1 atom stereocenters. The number of halogens is 1. The van der Waals surface area contributed by atoms with Crippen LogP contribution >= 0.6 is 0 Å². The van der Waals surface area contributed by atoms with Crippen LogP contribution in [0.25, 0.3) is 0 Å². The lowest BCUT2D eigenvalue weighted by atomic mass is 10.0. The highest BCUT2D eigenvalue weighted by molar-refractivity contribution is 5.84. The summed E-state index contributed by atoms with van der Waals surface area (Å²) in [5.74, 6) is -1.23. The summed E-state index contributed by atoms with van der Waals surface area (Å²) in [5, 5.41) is 11.9. The van der Waals surface area contributed by atoms with Gasteiger partial charge in [-0.15, -0.1) is 0 Å². The van der Waals surface area contributed by atoms with E-state index in [1.54, 1.807) is 6.07 Å². The number of para-hydroxylation sites is 1. The average Bonchev–Trinajstić information content (AvgIpc) is 2.47. The van der Waals surface area contributed by atoms with E-state index >= 15 is 0 Å². The predicted octanol–water partition coefficient (Wildman–Crippen LogP) is 2.64. The number of nitrogens with zero attached hydrogens (tertiary/aromatic N) is 1. The molecule has 0 saturated heterocycles. The number of primary amides is 1. The fourth-order valence-corrected chi connectivity index (χ4v) is 2.02. The Bertz CT molecular complexity index is 722. The van der Waals surface area contributed by atoms with Gasteiger partial charge in [0.1, 0.15) is 17.9 Å². The van der Waals surface area contributed by atoms with Crippen LogP contribution in [0.15, 0.2) is 42.5 Å². The maximum absolute atomic E-state index is 13.4. The summed E-state index contributed by atoms with van der Waals surface area (Å²) in [7, 11) is 0. The van der Waals surface area contributed by atoms with Crippen molar-refractivity contribution in [3.8, 4) is 6.07 Å². The summed E-state index contributed by atoms with van der Waals surface area (Å²) < 4.78 is 13.4. The summed E-state index contributed by atoms with van der Waals surface area (Å²) in [6.45, 7) is 1.89. The van der Waals surface area contributed by atoms with Crippen LogP contribution in [0.3, 0.4) is 0 Å². The van der Waals surface area contributed by atoms with Gasteiger partial charge in [0, 0.05) is 5.69 Å². The minimum atomic E-state index is -0.834. The SMILES string of the molecule is Cc1ccccc1NC(C(N)=O)c1ccc(F)c(C#N)c1. The molecule has 106 valence electrons. The second-order valence-corrected chi connectivity index (χ2v) is 4.65. The van der Waals surface area contributed by atoms with Gasteiger partial charge in [-0.05, 0) is 36.2 Å². The lowest BCUT2D eigenvalue weighted by molar-refractivity contribution is -0.118. The number of benzene rings is 2. The van der Waals surface area contributed by atoms with Crippen molar-refractivity contribution in [1.82, 2.24) is 0 Å². The third-order valence-electron chi connectivity index (χ3n) is 3.17. The van der Waals surface area contributed by atoms with Gasteiger partial charge in [-0.3, -0.25) is 4.79 Å². The van der Waals surface area contributed by atoms with Crippen LogP contribution in [0.4, 0.5) is 10.1 Å². The van der Waals surface area contributed by atoms with Gasteiger partial charge in [0.05, 0.1) is 5.56 Å². The molecule has 1 unspecified atom stereocenters. The van der Waals surface area contributed by atoms with E-state index < -0.39 is 17.8 Å². The number of carbonyl (C=O) groups is 1. The highest BCUT2D eigenvalue weighted by Crippen LogP contribution is 2.23. The Balaban J connectivity index is 2.39. The molecule has 1 amide bonds. The number of rotatable bonds is 4. The molecular weight excluding hydrogens is 269 g/mol.